The third-order valence-electron chi connectivity index (χ3n) is 4.70. The van der Waals surface area contributed by atoms with Gasteiger partial charge in [0.05, 0.1) is 0 Å². The second kappa shape index (κ2) is 8.62. The van der Waals surface area contributed by atoms with Crippen molar-refractivity contribution in [3.63, 3.8) is 0 Å². The lowest BCUT2D eigenvalue weighted by molar-refractivity contribution is 0.139. The number of piperidine rings is 1. The summed E-state index contributed by atoms with van der Waals surface area (Å²) in [6, 6.07) is 17.7. The van der Waals surface area contributed by atoms with E-state index in [2.05, 4.69) is 10.6 Å². The van der Waals surface area contributed by atoms with Gasteiger partial charge in [-0.3, -0.25) is 0 Å². The molecule has 5 heteroatoms. The van der Waals surface area contributed by atoms with Crippen LogP contribution in [0, 0.1) is 23.6 Å². The van der Waals surface area contributed by atoms with Gasteiger partial charge in [0.25, 0.3) is 0 Å². The topological polar surface area (TPSA) is 50.4 Å². The van der Waals surface area contributed by atoms with Gasteiger partial charge >= 0.3 is 6.09 Å². The standard InChI is InChI=1S/C14H18N2O2.C6H5F/c17-14(18-9-10-4-2-1-3-5-10)16-8-13-11-6-15-7-12(11)13;7-6-4-2-1-3-5-6/h1-5,11-13,15H,6-9H2,(H,16,17);1-5H. The molecule has 2 N–H and O–H groups in total. The molecule has 0 bridgehead atoms. The molecule has 1 saturated heterocycles. The van der Waals surface area contributed by atoms with Gasteiger partial charge < -0.3 is 15.4 Å². The number of nitrogens with one attached hydrogen (secondary N) is 2. The molecule has 0 aromatic heterocycles. The van der Waals surface area contributed by atoms with Crippen LogP contribution in [0.3, 0.4) is 0 Å². The molecule has 0 radical (unpaired) electrons. The van der Waals surface area contributed by atoms with Crippen molar-refractivity contribution in [1.29, 1.82) is 0 Å². The molecule has 2 aliphatic rings. The van der Waals surface area contributed by atoms with Crippen LogP contribution >= 0.6 is 0 Å². The molecule has 4 rings (SSSR count). The van der Waals surface area contributed by atoms with Crippen LogP contribution in [0.25, 0.3) is 0 Å². The first-order valence-corrected chi connectivity index (χ1v) is 8.60. The lowest BCUT2D eigenvalue weighted by Crippen LogP contribution is -2.29. The third kappa shape index (κ3) is 5.29. The predicted octanol–water partition coefficient (Wildman–Crippen LogP) is 3.20. The van der Waals surface area contributed by atoms with Gasteiger partial charge in [0.1, 0.15) is 12.4 Å². The van der Waals surface area contributed by atoms with E-state index in [1.165, 1.54) is 12.1 Å². The monoisotopic (exact) mass is 342 g/mol. The van der Waals surface area contributed by atoms with Crippen LogP contribution in [0.1, 0.15) is 5.56 Å². The maximum atomic E-state index is 11.9. The molecule has 2 atom stereocenters. The van der Waals surface area contributed by atoms with E-state index < -0.39 is 0 Å². The zero-order valence-corrected chi connectivity index (χ0v) is 14.0. The second-order valence-electron chi connectivity index (χ2n) is 6.39. The van der Waals surface area contributed by atoms with E-state index in [0.717, 1.165) is 37.0 Å². The molecule has 132 valence electrons. The van der Waals surface area contributed by atoms with Crippen molar-refractivity contribution in [2.24, 2.45) is 17.8 Å². The van der Waals surface area contributed by atoms with Crippen LogP contribution in [0.15, 0.2) is 60.7 Å². The Balaban J connectivity index is 0.000000219. The Kier molecular flexibility index (Phi) is 6.01. The van der Waals surface area contributed by atoms with Crippen LogP contribution in [0.2, 0.25) is 0 Å². The fourth-order valence-corrected chi connectivity index (χ4v) is 3.24. The molecule has 0 spiro atoms. The van der Waals surface area contributed by atoms with Gasteiger partial charge in [-0.05, 0) is 48.5 Å². The number of hydrogen-bond donors (Lipinski definition) is 2. The highest BCUT2D eigenvalue weighted by molar-refractivity contribution is 5.67. The number of carbonyl (C=O) groups is 1. The first-order chi connectivity index (χ1) is 12.2. The summed E-state index contributed by atoms with van der Waals surface area (Å²) in [4.78, 5) is 11.5. The van der Waals surface area contributed by atoms with Gasteiger partial charge in [0, 0.05) is 6.54 Å². The molecule has 25 heavy (non-hydrogen) atoms. The molecule has 1 amide bonds. The summed E-state index contributed by atoms with van der Waals surface area (Å²) in [5, 5.41) is 6.20. The smallest absolute Gasteiger partial charge is 0.407 e. The summed E-state index contributed by atoms with van der Waals surface area (Å²) in [6.07, 6.45) is -0.309. The van der Waals surface area contributed by atoms with E-state index in [0.29, 0.717) is 12.5 Å². The van der Waals surface area contributed by atoms with Crippen LogP contribution in [-0.2, 0) is 11.3 Å². The van der Waals surface area contributed by atoms with E-state index >= 15 is 0 Å². The number of hydrogen-bond acceptors (Lipinski definition) is 3. The van der Waals surface area contributed by atoms with E-state index in [9.17, 15) is 9.18 Å². The van der Waals surface area contributed by atoms with Crippen molar-refractivity contribution in [1.82, 2.24) is 10.6 Å². The second-order valence-corrected chi connectivity index (χ2v) is 6.39. The summed E-state index contributed by atoms with van der Waals surface area (Å²) in [7, 11) is 0. The van der Waals surface area contributed by atoms with Crippen LogP contribution in [0.5, 0.6) is 0 Å². The van der Waals surface area contributed by atoms with E-state index in [1.807, 2.05) is 30.3 Å². The molecule has 1 aliphatic carbocycles. The minimum Gasteiger partial charge on any atom is -0.445 e. The number of rotatable bonds is 4. The number of halogens is 1. The lowest BCUT2D eigenvalue weighted by atomic mass is 10.2. The number of benzene rings is 2. The van der Waals surface area contributed by atoms with Gasteiger partial charge in [0.15, 0.2) is 0 Å². The average molecular weight is 342 g/mol. The molecule has 2 aromatic carbocycles. The number of amides is 1. The molecule has 1 saturated carbocycles. The normalized spacial score (nSPS) is 23.0. The maximum Gasteiger partial charge on any atom is 0.407 e. The summed E-state index contributed by atoms with van der Waals surface area (Å²) in [5.41, 5.74) is 1.01. The van der Waals surface area contributed by atoms with Gasteiger partial charge in [-0.2, -0.15) is 0 Å². The van der Waals surface area contributed by atoms with Crippen molar-refractivity contribution in [2.75, 3.05) is 19.6 Å². The minimum absolute atomic E-state index is 0.178. The Hall–Kier alpha value is -2.40. The fourth-order valence-electron chi connectivity index (χ4n) is 3.24. The lowest BCUT2D eigenvalue weighted by Gasteiger charge is -2.08. The third-order valence-corrected chi connectivity index (χ3v) is 4.70. The Bertz CT molecular complexity index is 656. The average Bonchev–Trinajstić information content (AvgIpc) is 3.07. The Morgan fingerprint density at radius 2 is 1.64 bits per heavy atom. The number of alkyl carbamates (subject to hydrolysis) is 1. The Morgan fingerprint density at radius 3 is 2.20 bits per heavy atom. The SMILES string of the molecule is Fc1ccccc1.O=C(NCC1C2CNCC21)OCc1ccccc1. The van der Waals surface area contributed by atoms with Crippen LogP contribution < -0.4 is 10.6 Å². The molecule has 2 fully saturated rings. The first kappa shape index (κ1) is 17.4. The molecular weight excluding hydrogens is 319 g/mol. The fraction of sp³-hybridized carbons (Fsp3) is 0.350. The summed E-state index contributed by atoms with van der Waals surface area (Å²) < 4.78 is 17.1. The first-order valence-electron chi connectivity index (χ1n) is 8.60. The van der Waals surface area contributed by atoms with Gasteiger partial charge in [-0.1, -0.05) is 48.5 Å². The van der Waals surface area contributed by atoms with Gasteiger partial charge in [-0.15, -0.1) is 0 Å². The van der Waals surface area contributed by atoms with Crippen LogP contribution in [-0.4, -0.2) is 25.7 Å². The molecule has 1 aliphatic heterocycles. The largest absolute Gasteiger partial charge is 0.445 e. The number of ether oxygens (including phenoxy) is 1. The highest BCUT2D eigenvalue weighted by Crippen LogP contribution is 2.47. The zero-order valence-electron chi connectivity index (χ0n) is 14.0. The Morgan fingerprint density at radius 1 is 1.04 bits per heavy atom. The summed E-state index contributed by atoms with van der Waals surface area (Å²) in [5.74, 6) is 2.04. The van der Waals surface area contributed by atoms with Crippen molar-refractivity contribution < 1.29 is 13.9 Å². The maximum absolute atomic E-state index is 11.9. The zero-order chi connectivity index (χ0) is 17.5. The van der Waals surface area contributed by atoms with E-state index in [4.69, 9.17) is 4.74 Å². The summed E-state index contributed by atoms with van der Waals surface area (Å²) >= 11 is 0. The summed E-state index contributed by atoms with van der Waals surface area (Å²) in [6.45, 7) is 3.31. The highest BCUT2D eigenvalue weighted by atomic mass is 19.1. The predicted molar refractivity (Wildman–Crippen MR) is 94.4 cm³/mol. The highest BCUT2D eigenvalue weighted by Gasteiger charge is 2.52. The van der Waals surface area contributed by atoms with Crippen molar-refractivity contribution in [3.8, 4) is 0 Å². The van der Waals surface area contributed by atoms with E-state index in [-0.39, 0.29) is 11.9 Å². The van der Waals surface area contributed by atoms with Crippen molar-refractivity contribution in [3.05, 3.63) is 72.0 Å². The minimum atomic E-state index is -0.309. The van der Waals surface area contributed by atoms with Crippen LogP contribution in [0.4, 0.5) is 9.18 Å². The number of carbonyl (C=O) groups excluding carboxylic acids is 1. The molecule has 2 unspecified atom stereocenters. The van der Waals surface area contributed by atoms with Gasteiger partial charge in [0.2, 0.25) is 0 Å². The molecule has 1 heterocycles. The quantitative estimate of drug-likeness (QED) is 0.897. The van der Waals surface area contributed by atoms with Crippen molar-refractivity contribution >= 4 is 6.09 Å². The van der Waals surface area contributed by atoms with E-state index in [1.54, 1.807) is 18.2 Å². The van der Waals surface area contributed by atoms with Crippen molar-refractivity contribution in [2.45, 2.75) is 6.61 Å². The molecule has 2 aromatic rings. The molecule has 4 nitrogen and oxygen atoms in total. The number of fused-ring (bicyclic) bond motifs is 1. The Labute approximate surface area is 147 Å². The van der Waals surface area contributed by atoms with Gasteiger partial charge in [-0.25, -0.2) is 9.18 Å². The molecular formula is C20H23FN2O2.